The average molecular weight is 585 g/mol. The lowest BCUT2D eigenvalue weighted by molar-refractivity contribution is 0.0713. The number of nitrogens with zero attached hydrogens (tertiary/aromatic N) is 3. The summed E-state index contributed by atoms with van der Waals surface area (Å²) in [5, 5.41) is 4.11. The summed E-state index contributed by atoms with van der Waals surface area (Å²) >= 11 is 3.43. The average Bonchev–Trinajstić information content (AvgIpc) is 3.27. The van der Waals surface area contributed by atoms with Gasteiger partial charge in [0.25, 0.3) is 5.91 Å². The first-order chi connectivity index (χ1) is 17.7. The summed E-state index contributed by atoms with van der Waals surface area (Å²) in [6.07, 6.45) is 4.24. The van der Waals surface area contributed by atoms with E-state index in [1.54, 1.807) is 36.5 Å². The molecule has 1 amide bonds. The smallest absolute Gasteiger partial charge is 0.270 e. The van der Waals surface area contributed by atoms with Gasteiger partial charge in [-0.15, -0.1) is 0 Å². The fourth-order valence-corrected chi connectivity index (χ4v) is 5.16. The molecule has 0 saturated carbocycles. The number of fused-ring (bicyclic) bond motifs is 1. The Kier molecular flexibility index (Phi) is 7.02. The summed E-state index contributed by atoms with van der Waals surface area (Å²) in [5.41, 5.74) is 1.69. The molecule has 12 heteroatoms. The Bertz CT molecular complexity index is 1550. The quantitative estimate of drug-likeness (QED) is 0.289. The Morgan fingerprint density at radius 2 is 1.95 bits per heavy atom. The zero-order chi connectivity index (χ0) is 26.0. The molecule has 0 atom stereocenters. The van der Waals surface area contributed by atoms with Crippen LogP contribution >= 0.6 is 15.9 Å². The molecule has 37 heavy (non-hydrogen) atoms. The number of anilines is 2. The number of hydrogen-bond acceptors (Lipinski definition) is 7. The van der Waals surface area contributed by atoms with Crippen molar-refractivity contribution in [1.29, 1.82) is 0 Å². The van der Waals surface area contributed by atoms with Crippen molar-refractivity contribution >= 4 is 54.4 Å². The van der Waals surface area contributed by atoms with Gasteiger partial charge in [0, 0.05) is 52.5 Å². The van der Waals surface area contributed by atoms with Crippen molar-refractivity contribution in [3.63, 3.8) is 0 Å². The lowest BCUT2D eigenvalue weighted by atomic mass is 10.0. The second kappa shape index (κ2) is 10.4. The number of hydrogen-bond donors (Lipinski definition) is 3. The second-order valence-corrected chi connectivity index (χ2v) is 11.5. The SMILES string of the molecule is CS(=O)(=O)Nc1ccc2[nH]c(C(=O)N3CCC(Nc4nccc(Oc5cccc(Br)c5)n4)CC3)cc2c1. The fraction of sp³-hybridized carbons (Fsp3) is 0.240. The predicted molar refractivity (Wildman–Crippen MR) is 146 cm³/mol. The van der Waals surface area contributed by atoms with Crippen molar-refractivity contribution in [3.05, 3.63) is 71.0 Å². The van der Waals surface area contributed by atoms with E-state index in [4.69, 9.17) is 4.74 Å². The van der Waals surface area contributed by atoms with Gasteiger partial charge in [-0.2, -0.15) is 4.98 Å². The Balaban J connectivity index is 1.18. The lowest BCUT2D eigenvalue weighted by Gasteiger charge is -2.32. The van der Waals surface area contributed by atoms with E-state index in [1.807, 2.05) is 29.2 Å². The molecular formula is C25H25BrN6O4S. The largest absolute Gasteiger partial charge is 0.439 e. The van der Waals surface area contributed by atoms with Crippen LogP contribution in [0.1, 0.15) is 23.3 Å². The van der Waals surface area contributed by atoms with E-state index in [-0.39, 0.29) is 11.9 Å². The van der Waals surface area contributed by atoms with E-state index in [9.17, 15) is 13.2 Å². The van der Waals surface area contributed by atoms with Crippen molar-refractivity contribution in [1.82, 2.24) is 19.9 Å². The van der Waals surface area contributed by atoms with Gasteiger partial charge in [-0.05, 0) is 55.3 Å². The molecule has 2 aromatic heterocycles. The maximum Gasteiger partial charge on any atom is 0.270 e. The minimum Gasteiger partial charge on any atom is -0.439 e. The number of likely N-dealkylation sites (tertiary alicyclic amines) is 1. The number of halogens is 1. The Morgan fingerprint density at radius 1 is 1.14 bits per heavy atom. The van der Waals surface area contributed by atoms with E-state index in [0.717, 1.165) is 34.5 Å². The third kappa shape index (κ3) is 6.38. The summed E-state index contributed by atoms with van der Waals surface area (Å²) in [7, 11) is -3.38. The zero-order valence-corrected chi connectivity index (χ0v) is 22.3. The molecule has 10 nitrogen and oxygen atoms in total. The molecule has 0 radical (unpaired) electrons. The molecule has 4 aromatic rings. The van der Waals surface area contributed by atoms with Crippen molar-refractivity contribution in [2.24, 2.45) is 0 Å². The molecule has 192 valence electrons. The molecule has 0 unspecified atom stereocenters. The third-order valence-corrected chi connectivity index (χ3v) is 7.02. The van der Waals surface area contributed by atoms with Gasteiger partial charge in [-0.25, -0.2) is 13.4 Å². The van der Waals surface area contributed by atoms with Crippen LogP contribution in [0.2, 0.25) is 0 Å². The number of carbonyl (C=O) groups excluding carboxylic acids is 1. The third-order valence-electron chi connectivity index (χ3n) is 5.92. The van der Waals surface area contributed by atoms with Crippen LogP contribution in [0.4, 0.5) is 11.6 Å². The van der Waals surface area contributed by atoms with Crippen molar-refractivity contribution in [2.45, 2.75) is 18.9 Å². The highest BCUT2D eigenvalue weighted by Gasteiger charge is 2.25. The first kappa shape index (κ1) is 25.0. The number of ether oxygens (including phenoxy) is 1. The first-order valence-electron chi connectivity index (χ1n) is 11.6. The van der Waals surface area contributed by atoms with Gasteiger partial charge >= 0.3 is 0 Å². The minimum atomic E-state index is -3.38. The number of piperidine rings is 1. The molecule has 1 saturated heterocycles. The molecular weight excluding hydrogens is 560 g/mol. The van der Waals surface area contributed by atoms with Crippen LogP contribution < -0.4 is 14.8 Å². The molecule has 5 rings (SSSR count). The second-order valence-electron chi connectivity index (χ2n) is 8.85. The van der Waals surface area contributed by atoms with Crippen molar-refractivity contribution in [3.8, 4) is 11.6 Å². The van der Waals surface area contributed by atoms with Crippen LogP contribution in [0.5, 0.6) is 11.6 Å². The molecule has 1 fully saturated rings. The zero-order valence-electron chi connectivity index (χ0n) is 19.9. The lowest BCUT2D eigenvalue weighted by Crippen LogP contribution is -2.42. The monoisotopic (exact) mass is 584 g/mol. The minimum absolute atomic E-state index is 0.0899. The molecule has 0 bridgehead atoms. The summed E-state index contributed by atoms with van der Waals surface area (Å²) < 4.78 is 32.2. The van der Waals surface area contributed by atoms with Gasteiger partial charge in [0.1, 0.15) is 11.4 Å². The van der Waals surface area contributed by atoms with E-state index in [1.165, 1.54) is 0 Å². The number of sulfonamides is 1. The molecule has 2 aromatic carbocycles. The van der Waals surface area contributed by atoms with E-state index in [0.29, 0.717) is 42.0 Å². The number of nitrogens with one attached hydrogen (secondary N) is 3. The van der Waals surface area contributed by atoms with Gasteiger partial charge in [0.2, 0.25) is 21.9 Å². The number of amides is 1. The number of rotatable bonds is 7. The standard InChI is InChI=1S/C25H25BrN6O4S/c1-37(34,35)31-19-5-6-21-16(13-19)14-22(29-21)24(33)32-11-8-18(9-12-32)28-25-27-10-7-23(30-25)36-20-4-2-3-17(26)15-20/h2-7,10,13-15,18,29,31H,8-9,11-12H2,1H3,(H,27,28,30). The van der Waals surface area contributed by atoms with E-state index in [2.05, 4.69) is 40.9 Å². The number of carbonyl (C=O) groups is 1. The van der Waals surface area contributed by atoms with Crippen molar-refractivity contribution in [2.75, 3.05) is 29.4 Å². The van der Waals surface area contributed by atoms with Crippen LogP contribution in [-0.2, 0) is 10.0 Å². The normalized spacial score (nSPS) is 14.5. The van der Waals surface area contributed by atoms with Crippen molar-refractivity contribution < 1.29 is 17.9 Å². The Hall–Kier alpha value is -3.64. The van der Waals surface area contributed by atoms with Crippen LogP contribution in [0, 0.1) is 0 Å². The van der Waals surface area contributed by atoms with Crippen LogP contribution in [0.3, 0.4) is 0 Å². The Morgan fingerprint density at radius 3 is 2.70 bits per heavy atom. The predicted octanol–water partition coefficient (Wildman–Crippen LogP) is 4.60. The van der Waals surface area contributed by atoms with E-state index >= 15 is 0 Å². The number of H-pyrrole nitrogens is 1. The van der Waals surface area contributed by atoms with Gasteiger partial charge in [-0.1, -0.05) is 22.0 Å². The molecule has 1 aliphatic rings. The number of benzene rings is 2. The molecule has 0 spiro atoms. The summed E-state index contributed by atoms with van der Waals surface area (Å²) in [6.45, 7) is 1.17. The van der Waals surface area contributed by atoms with Gasteiger partial charge in [0.05, 0.1) is 6.26 Å². The highest BCUT2D eigenvalue weighted by molar-refractivity contribution is 9.10. The summed E-state index contributed by atoms with van der Waals surface area (Å²) in [4.78, 5) is 26.8. The van der Waals surface area contributed by atoms with Gasteiger partial charge < -0.3 is 19.9 Å². The number of aromatic amines is 1. The molecule has 1 aliphatic heterocycles. The van der Waals surface area contributed by atoms with E-state index < -0.39 is 10.0 Å². The maximum atomic E-state index is 13.1. The summed E-state index contributed by atoms with van der Waals surface area (Å²) in [5.74, 6) is 1.50. The fourth-order valence-electron chi connectivity index (χ4n) is 4.23. The van der Waals surface area contributed by atoms with Crippen LogP contribution in [0.25, 0.3) is 10.9 Å². The highest BCUT2D eigenvalue weighted by atomic mass is 79.9. The van der Waals surface area contributed by atoms with Gasteiger partial charge in [0.15, 0.2) is 0 Å². The first-order valence-corrected chi connectivity index (χ1v) is 14.3. The topological polar surface area (TPSA) is 129 Å². The number of aromatic nitrogens is 3. The highest BCUT2D eigenvalue weighted by Crippen LogP contribution is 2.25. The Labute approximate surface area is 222 Å². The van der Waals surface area contributed by atoms with Gasteiger partial charge in [-0.3, -0.25) is 9.52 Å². The van der Waals surface area contributed by atoms with Crippen LogP contribution in [-0.4, -0.2) is 59.6 Å². The maximum absolute atomic E-state index is 13.1. The van der Waals surface area contributed by atoms with Crippen LogP contribution in [0.15, 0.2) is 65.3 Å². The molecule has 0 aliphatic carbocycles. The molecule has 3 N–H and O–H groups in total. The molecule has 3 heterocycles. The summed E-state index contributed by atoms with van der Waals surface area (Å²) in [6, 6.07) is 16.2.